The summed E-state index contributed by atoms with van der Waals surface area (Å²) >= 11 is 11.9. The summed E-state index contributed by atoms with van der Waals surface area (Å²) in [7, 11) is 0. The van der Waals surface area contributed by atoms with Crippen LogP contribution in [0.3, 0.4) is 0 Å². The number of rotatable bonds is 3. The SMILES string of the molecule is CC(N)C(Oc1cc(Cl)cc(Cl)c1)C(C)(C)C. The highest BCUT2D eigenvalue weighted by Crippen LogP contribution is 2.30. The lowest BCUT2D eigenvalue weighted by atomic mass is 9.85. The highest BCUT2D eigenvalue weighted by molar-refractivity contribution is 6.34. The predicted molar refractivity (Wildman–Crippen MR) is 74.0 cm³/mol. The van der Waals surface area contributed by atoms with Crippen molar-refractivity contribution < 1.29 is 4.74 Å². The maximum atomic E-state index is 5.96. The van der Waals surface area contributed by atoms with Crippen molar-refractivity contribution in [3.05, 3.63) is 28.2 Å². The Morgan fingerprint density at radius 3 is 1.94 bits per heavy atom. The van der Waals surface area contributed by atoms with Crippen LogP contribution in [0.2, 0.25) is 10.0 Å². The molecule has 0 aliphatic rings. The maximum absolute atomic E-state index is 5.96. The quantitative estimate of drug-likeness (QED) is 0.900. The molecular weight excluding hydrogens is 257 g/mol. The average molecular weight is 276 g/mol. The third-order valence-electron chi connectivity index (χ3n) is 2.43. The van der Waals surface area contributed by atoms with Gasteiger partial charge in [0.05, 0.1) is 0 Å². The van der Waals surface area contributed by atoms with E-state index in [1.165, 1.54) is 0 Å². The maximum Gasteiger partial charge on any atom is 0.122 e. The van der Waals surface area contributed by atoms with Crippen LogP contribution in [0.4, 0.5) is 0 Å². The van der Waals surface area contributed by atoms with E-state index in [0.717, 1.165) is 0 Å². The lowest BCUT2D eigenvalue weighted by Gasteiger charge is -2.34. The molecule has 1 aromatic carbocycles. The topological polar surface area (TPSA) is 35.2 Å². The second kappa shape index (κ2) is 5.47. The van der Waals surface area contributed by atoms with Gasteiger partial charge in [0.25, 0.3) is 0 Å². The Kier molecular flexibility index (Phi) is 4.70. The van der Waals surface area contributed by atoms with Crippen LogP contribution in [0.5, 0.6) is 5.75 Å². The first-order valence-corrected chi connectivity index (χ1v) is 6.34. The molecule has 0 bridgehead atoms. The second-order valence-electron chi connectivity index (χ2n) is 5.37. The molecule has 0 aliphatic carbocycles. The van der Waals surface area contributed by atoms with Crippen molar-refractivity contribution in [3.8, 4) is 5.75 Å². The number of ether oxygens (including phenoxy) is 1. The van der Waals surface area contributed by atoms with Gasteiger partial charge in [-0.3, -0.25) is 0 Å². The number of benzene rings is 1. The van der Waals surface area contributed by atoms with Crippen LogP contribution in [0, 0.1) is 5.41 Å². The summed E-state index contributed by atoms with van der Waals surface area (Å²) in [6, 6.07) is 5.09. The molecule has 2 nitrogen and oxygen atoms in total. The first kappa shape index (κ1) is 14.6. The lowest BCUT2D eigenvalue weighted by Crippen LogP contribution is -2.45. The number of hydrogen-bond acceptors (Lipinski definition) is 2. The van der Waals surface area contributed by atoms with E-state index in [-0.39, 0.29) is 17.6 Å². The minimum atomic E-state index is -0.1000. The van der Waals surface area contributed by atoms with Crippen molar-refractivity contribution in [3.63, 3.8) is 0 Å². The molecule has 2 unspecified atom stereocenters. The Morgan fingerprint density at radius 1 is 1.12 bits per heavy atom. The molecule has 2 atom stereocenters. The summed E-state index contributed by atoms with van der Waals surface area (Å²) in [5.41, 5.74) is 5.90. The second-order valence-corrected chi connectivity index (χ2v) is 6.24. The monoisotopic (exact) mass is 275 g/mol. The molecule has 96 valence electrons. The molecule has 1 rings (SSSR count). The smallest absolute Gasteiger partial charge is 0.122 e. The van der Waals surface area contributed by atoms with E-state index in [0.29, 0.717) is 15.8 Å². The van der Waals surface area contributed by atoms with Crippen molar-refractivity contribution in [1.82, 2.24) is 0 Å². The van der Waals surface area contributed by atoms with E-state index in [4.69, 9.17) is 33.7 Å². The molecule has 0 saturated carbocycles. The van der Waals surface area contributed by atoms with Gasteiger partial charge in [-0.1, -0.05) is 44.0 Å². The van der Waals surface area contributed by atoms with Crippen molar-refractivity contribution in [1.29, 1.82) is 0 Å². The Bertz CT molecular complexity index is 365. The summed E-state index contributed by atoms with van der Waals surface area (Å²) in [4.78, 5) is 0. The third kappa shape index (κ3) is 4.38. The fraction of sp³-hybridized carbons (Fsp3) is 0.538. The molecule has 17 heavy (non-hydrogen) atoms. The normalized spacial score (nSPS) is 15.5. The Labute approximate surface area is 113 Å². The van der Waals surface area contributed by atoms with Gasteiger partial charge in [-0.2, -0.15) is 0 Å². The third-order valence-corrected chi connectivity index (χ3v) is 2.87. The van der Waals surface area contributed by atoms with Gasteiger partial charge >= 0.3 is 0 Å². The van der Waals surface area contributed by atoms with Crippen LogP contribution in [-0.4, -0.2) is 12.1 Å². The van der Waals surface area contributed by atoms with Crippen LogP contribution in [0.25, 0.3) is 0 Å². The Hall–Kier alpha value is -0.440. The summed E-state index contributed by atoms with van der Waals surface area (Å²) < 4.78 is 5.91. The Balaban J connectivity index is 2.94. The molecule has 2 N–H and O–H groups in total. The Morgan fingerprint density at radius 2 is 1.59 bits per heavy atom. The van der Waals surface area contributed by atoms with Gasteiger partial charge in [-0.25, -0.2) is 0 Å². The molecule has 0 spiro atoms. The van der Waals surface area contributed by atoms with E-state index in [9.17, 15) is 0 Å². The first-order valence-electron chi connectivity index (χ1n) is 5.58. The van der Waals surface area contributed by atoms with E-state index in [1.54, 1.807) is 18.2 Å². The van der Waals surface area contributed by atoms with Gasteiger partial charge < -0.3 is 10.5 Å². The van der Waals surface area contributed by atoms with Crippen molar-refractivity contribution in [2.45, 2.75) is 39.8 Å². The lowest BCUT2D eigenvalue weighted by molar-refractivity contribution is 0.0684. The highest BCUT2D eigenvalue weighted by atomic mass is 35.5. The summed E-state index contributed by atoms with van der Waals surface area (Å²) in [6.07, 6.45) is -0.1000. The fourth-order valence-electron chi connectivity index (χ4n) is 1.82. The van der Waals surface area contributed by atoms with Gasteiger partial charge in [0.2, 0.25) is 0 Å². The zero-order valence-corrected chi connectivity index (χ0v) is 12.1. The first-order chi connectivity index (χ1) is 7.70. The number of nitrogens with two attached hydrogens (primary N) is 1. The molecule has 0 aliphatic heterocycles. The van der Waals surface area contributed by atoms with Crippen LogP contribution in [0.1, 0.15) is 27.7 Å². The van der Waals surface area contributed by atoms with Crippen molar-refractivity contribution in [2.24, 2.45) is 11.1 Å². The largest absolute Gasteiger partial charge is 0.488 e. The van der Waals surface area contributed by atoms with E-state index < -0.39 is 0 Å². The molecular formula is C13H19Cl2NO. The number of hydrogen-bond donors (Lipinski definition) is 1. The summed E-state index contributed by atoms with van der Waals surface area (Å²) in [6.45, 7) is 8.20. The minimum Gasteiger partial charge on any atom is -0.488 e. The summed E-state index contributed by atoms with van der Waals surface area (Å²) in [5.74, 6) is 0.653. The molecule has 0 amide bonds. The highest BCUT2D eigenvalue weighted by Gasteiger charge is 2.30. The van der Waals surface area contributed by atoms with E-state index >= 15 is 0 Å². The van der Waals surface area contributed by atoms with Gasteiger partial charge in [0.15, 0.2) is 0 Å². The zero-order valence-electron chi connectivity index (χ0n) is 10.6. The fourth-order valence-corrected chi connectivity index (χ4v) is 2.32. The molecule has 0 aromatic heterocycles. The van der Waals surface area contributed by atoms with Gasteiger partial charge in [0, 0.05) is 21.5 Å². The molecule has 0 heterocycles. The van der Waals surface area contributed by atoms with E-state index in [2.05, 4.69) is 20.8 Å². The van der Waals surface area contributed by atoms with E-state index in [1.807, 2.05) is 6.92 Å². The summed E-state index contributed by atoms with van der Waals surface area (Å²) in [5, 5.41) is 1.12. The standard InChI is InChI=1S/C13H19Cl2NO/c1-8(16)12(13(2,3)4)17-11-6-9(14)5-10(15)7-11/h5-8,12H,16H2,1-4H3. The van der Waals surface area contributed by atoms with Crippen molar-refractivity contribution >= 4 is 23.2 Å². The number of halogens is 2. The molecule has 4 heteroatoms. The minimum absolute atomic E-state index is 0.0526. The van der Waals surface area contributed by atoms with Crippen LogP contribution >= 0.6 is 23.2 Å². The zero-order chi connectivity index (χ0) is 13.2. The van der Waals surface area contributed by atoms with Gasteiger partial charge in [-0.15, -0.1) is 0 Å². The van der Waals surface area contributed by atoms with Crippen LogP contribution < -0.4 is 10.5 Å². The van der Waals surface area contributed by atoms with Crippen LogP contribution in [0.15, 0.2) is 18.2 Å². The molecule has 1 aromatic rings. The molecule has 0 saturated heterocycles. The van der Waals surface area contributed by atoms with Gasteiger partial charge in [0.1, 0.15) is 11.9 Å². The molecule has 0 radical (unpaired) electrons. The molecule has 0 fully saturated rings. The van der Waals surface area contributed by atoms with Gasteiger partial charge in [-0.05, 0) is 25.1 Å². The van der Waals surface area contributed by atoms with Crippen molar-refractivity contribution in [2.75, 3.05) is 0 Å². The van der Waals surface area contributed by atoms with Crippen LogP contribution in [-0.2, 0) is 0 Å². The average Bonchev–Trinajstić information content (AvgIpc) is 2.10. The predicted octanol–water partition coefficient (Wildman–Crippen LogP) is 4.13.